The molecule has 0 atom stereocenters. The van der Waals surface area contributed by atoms with Crippen LogP contribution in [0.25, 0.3) is 0 Å². The topological polar surface area (TPSA) is 83.1 Å². The monoisotopic (exact) mass is 391 g/mol. The molecule has 0 aliphatic heterocycles. The summed E-state index contributed by atoms with van der Waals surface area (Å²) >= 11 is 0. The van der Waals surface area contributed by atoms with Gasteiger partial charge in [-0.05, 0) is 30.2 Å². The van der Waals surface area contributed by atoms with Gasteiger partial charge in [0.2, 0.25) is 5.75 Å². The van der Waals surface area contributed by atoms with Gasteiger partial charge in [-0.3, -0.25) is 4.79 Å². The summed E-state index contributed by atoms with van der Waals surface area (Å²) in [5.41, 5.74) is 0.592. The van der Waals surface area contributed by atoms with Gasteiger partial charge in [-0.25, -0.2) is 9.18 Å². The van der Waals surface area contributed by atoms with Crippen molar-refractivity contribution >= 4 is 11.9 Å². The van der Waals surface area contributed by atoms with E-state index in [0.717, 1.165) is 0 Å². The molecule has 0 aliphatic rings. The lowest BCUT2D eigenvalue weighted by Gasteiger charge is -2.15. The van der Waals surface area contributed by atoms with Crippen molar-refractivity contribution in [3.8, 4) is 17.2 Å². The van der Waals surface area contributed by atoms with Crippen molar-refractivity contribution in [3.05, 3.63) is 53.3 Å². The van der Waals surface area contributed by atoms with Crippen LogP contribution >= 0.6 is 0 Å². The maximum absolute atomic E-state index is 13.5. The van der Waals surface area contributed by atoms with Gasteiger partial charge in [0.15, 0.2) is 18.1 Å². The van der Waals surface area contributed by atoms with Crippen LogP contribution in [0.2, 0.25) is 0 Å². The number of hydrogen-bond donors (Lipinski definition) is 1. The van der Waals surface area contributed by atoms with Crippen molar-refractivity contribution in [1.29, 1.82) is 0 Å². The van der Waals surface area contributed by atoms with E-state index in [1.54, 1.807) is 18.2 Å². The molecular formula is C20H22FNO6. The molecule has 0 saturated carbocycles. The van der Waals surface area contributed by atoms with Gasteiger partial charge in [0.1, 0.15) is 11.4 Å². The number of esters is 1. The predicted octanol–water partition coefficient (Wildman–Crippen LogP) is 2.37. The number of rotatable bonds is 9. The SMILES string of the molecule is COc1ccc(C(=O)OCC(=O)NCCc2ccccc2F)c(OC)c1OC. The number of amides is 1. The standard InChI is InChI=1S/C20H22FNO6/c1-25-16-9-8-14(18(26-2)19(16)27-3)20(24)28-12-17(23)22-11-10-13-6-4-5-7-15(13)21/h4-9H,10-12H2,1-3H3,(H,22,23). The molecule has 0 bridgehead atoms. The number of methoxy groups -OCH3 is 3. The van der Waals surface area contributed by atoms with Gasteiger partial charge >= 0.3 is 5.97 Å². The van der Waals surface area contributed by atoms with Crippen molar-refractivity contribution < 1.29 is 32.9 Å². The van der Waals surface area contributed by atoms with Gasteiger partial charge in [-0.1, -0.05) is 18.2 Å². The maximum atomic E-state index is 13.5. The Morgan fingerprint density at radius 3 is 2.32 bits per heavy atom. The van der Waals surface area contributed by atoms with Crippen LogP contribution in [0, 0.1) is 5.82 Å². The molecule has 0 aromatic heterocycles. The first-order valence-corrected chi connectivity index (χ1v) is 8.48. The third-order valence-electron chi connectivity index (χ3n) is 3.93. The van der Waals surface area contributed by atoms with Crippen LogP contribution < -0.4 is 19.5 Å². The van der Waals surface area contributed by atoms with Crippen LogP contribution in [0.5, 0.6) is 17.2 Å². The Morgan fingerprint density at radius 1 is 0.964 bits per heavy atom. The second kappa shape index (κ2) is 10.1. The van der Waals surface area contributed by atoms with Gasteiger partial charge in [-0.15, -0.1) is 0 Å². The number of hydrogen-bond acceptors (Lipinski definition) is 6. The average Bonchev–Trinajstić information content (AvgIpc) is 2.72. The summed E-state index contributed by atoms with van der Waals surface area (Å²) in [6.07, 6.45) is 0.329. The first kappa shape index (κ1) is 21.0. The lowest BCUT2D eigenvalue weighted by atomic mass is 10.1. The lowest BCUT2D eigenvalue weighted by molar-refractivity contribution is -0.124. The van der Waals surface area contributed by atoms with Crippen molar-refractivity contribution in [2.45, 2.75) is 6.42 Å². The summed E-state index contributed by atoms with van der Waals surface area (Å²) in [6.45, 7) is -0.259. The molecule has 2 aromatic carbocycles. The summed E-state index contributed by atoms with van der Waals surface area (Å²) in [4.78, 5) is 24.2. The molecule has 0 radical (unpaired) electrons. The Bertz CT molecular complexity index is 839. The van der Waals surface area contributed by atoms with Gasteiger partial charge in [0.25, 0.3) is 5.91 Å². The number of ether oxygens (including phenoxy) is 4. The number of nitrogens with one attached hydrogen (secondary N) is 1. The zero-order chi connectivity index (χ0) is 20.5. The molecule has 2 rings (SSSR count). The van der Waals surface area contributed by atoms with Gasteiger partial charge < -0.3 is 24.3 Å². The number of carbonyl (C=O) groups is 2. The normalized spacial score (nSPS) is 10.1. The van der Waals surface area contributed by atoms with E-state index in [2.05, 4.69) is 5.32 Å². The summed E-state index contributed by atoms with van der Waals surface area (Å²) < 4.78 is 34.1. The van der Waals surface area contributed by atoms with Crippen LogP contribution in [0.3, 0.4) is 0 Å². The van der Waals surface area contributed by atoms with E-state index >= 15 is 0 Å². The van der Waals surface area contributed by atoms with Gasteiger partial charge in [-0.2, -0.15) is 0 Å². The Hall–Kier alpha value is -3.29. The van der Waals surface area contributed by atoms with Crippen LogP contribution in [0.1, 0.15) is 15.9 Å². The summed E-state index contributed by atoms with van der Waals surface area (Å²) in [7, 11) is 4.25. The smallest absolute Gasteiger partial charge is 0.342 e. The van der Waals surface area contributed by atoms with E-state index in [0.29, 0.717) is 17.7 Å². The van der Waals surface area contributed by atoms with E-state index < -0.39 is 18.5 Å². The minimum atomic E-state index is -0.748. The van der Waals surface area contributed by atoms with E-state index in [1.165, 1.54) is 39.5 Å². The molecule has 8 heteroatoms. The average molecular weight is 391 g/mol. The molecule has 1 N–H and O–H groups in total. The number of carbonyl (C=O) groups excluding carboxylic acids is 2. The van der Waals surface area contributed by atoms with E-state index in [9.17, 15) is 14.0 Å². The second-order valence-corrected chi connectivity index (χ2v) is 5.65. The van der Waals surface area contributed by atoms with Crippen LogP contribution in [-0.2, 0) is 16.0 Å². The van der Waals surface area contributed by atoms with E-state index in [4.69, 9.17) is 18.9 Å². The van der Waals surface area contributed by atoms with Crippen molar-refractivity contribution in [2.24, 2.45) is 0 Å². The quantitative estimate of drug-likeness (QED) is 0.661. The maximum Gasteiger partial charge on any atom is 0.342 e. The largest absolute Gasteiger partial charge is 0.493 e. The summed E-state index contributed by atoms with van der Waals surface area (Å²) in [5.74, 6) is -0.794. The predicted molar refractivity (Wildman–Crippen MR) is 99.5 cm³/mol. The molecule has 7 nitrogen and oxygen atoms in total. The van der Waals surface area contributed by atoms with Crippen LogP contribution in [0.15, 0.2) is 36.4 Å². The molecule has 0 fully saturated rings. The fourth-order valence-corrected chi connectivity index (χ4v) is 2.56. The molecule has 28 heavy (non-hydrogen) atoms. The minimum Gasteiger partial charge on any atom is -0.493 e. The van der Waals surface area contributed by atoms with Crippen molar-refractivity contribution in [2.75, 3.05) is 34.5 Å². The molecule has 0 spiro atoms. The van der Waals surface area contributed by atoms with E-state index in [1.807, 2.05) is 0 Å². The first-order chi connectivity index (χ1) is 13.5. The molecule has 0 saturated heterocycles. The molecule has 1 amide bonds. The fourth-order valence-electron chi connectivity index (χ4n) is 2.56. The Morgan fingerprint density at radius 2 is 1.68 bits per heavy atom. The number of benzene rings is 2. The van der Waals surface area contributed by atoms with Crippen molar-refractivity contribution in [3.63, 3.8) is 0 Å². The van der Waals surface area contributed by atoms with Gasteiger partial charge in [0.05, 0.1) is 21.3 Å². The molecular weight excluding hydrogens is 369 g/mol. The van der Waals surface area contributed by atoms with E-state index in [-0.39, 0.29) is 29.4 Å². The second-order valence-electron chi connectivity index (χ2n) is 5.65. The summed E-state index contributed by atoms with van der Waals surface area (Å²) in [5, 5.41) is 2.58. The fraction of sp³-hybridized carbons (Fsp3) is 0.300. The molecule has 0 heterocycles. The lowest BCUT2D eigenvalue weighted by Crippen LogP contribution is -2.30. The molecule has 150 valence electrons. The Balaban J connectivity index is 1.91. The highest BCUT2D eigenvalue weighted by Crippen LogP contribution is 2.39. The van der Waals surface area contributed by atoms with Gasteiger partial charge in [0, 0.05) is 6.54 Å². The highest BCUT2D eigenvalue weighted by atomic mass is 19.1. The Labute approximate surface area is 162 Å². The zero-order valence-electron chi connectivity index (χ0n) is 15.9. The third kappa shape index (κ3) is 5.12. The van der Waals surface area contributed by atoms with Crippen molar-refractivity contribution in [1.82, 2.24) is 5.32 Å². The molecule has 0 unspecified atom stereocenters. The third-order valence-corrected chi connectivity index (χ3v) is 3.93. The zero-order valence-corrected chi connectivity index (χ0v) is 15.9. The highest BCUT2D eigenvalue weighted by Gasteiger charge is 2.22. The van der Waals surface area contributed by atoms with Crippen LogP contribution in [-0.4, -0.2) is 46.4 Å². The Kier molecular flexibility index (Phi) is 7.62. The summed E-state index contributed by atoms with van der Waals surface area (Å²) in [6, 6.07) is 9.31. The number of halogens is 1. The van der Waals surface area contributed by atoms with Crippen LogP contribution in [0.4, 0.5) is 4.39 Å². The first-order valence-electron chi connectivity index (χ1n) is 8.48. The highest BCUT2D eigenvalue weighted by molar-refractivity contribution is 5.95. The molecule has 2 aromatic rings. The minimum absolute atomic E-state index is 0.0966. The molecule has 0 aliphatic carbocycles.